The Bertz CT molecular complexity index is 493. The monoisotopic (exact) mass is 231 g/mol. The van der Waals surface area contributed by atoms with Crippen LogP contribution in [0.4, 0.5) is 5.82 Å². The van der Waals surface area contributed by atoms with Crippen LogP contribution < -0.4 is 10.6 Å². The Morgan fingerprint density at radius 2 is 2.18 bits per heavy atom. The molecule has 0 unspecified atom stereocenters. The van der Waals surface area contributed by atoms with Gasteiger partial charge in [-0.2, -0.15) is 0 Å². The van der Waals surface area contributed by atoms with Gasteiger partial charge in [-0.05, 0) is 25.1 Å². The molecule has 0 aliphatic heterocycles. The summed E-state index contributed by atoms with van der Waals surface area (Å²) < 4.78 is 5.55. The van der Waals surface area contributed by atoms with E-state index in [2.05, 4.69) is 4.98 Å². The summed E-state index contributed by atoms with van der Waals surface area (Å²) in [4.78, 5) is 6.40. The molecular formula is C13H17N3O. The number of rotatable bonds is 4. The number of aryl methyl sites for hydroxylation is 1. The maximum atomic E-state index is 5.70. The molecule has 90 valence electrons. The molecule has 2 N–H and O–H groups in total. The first-order valence-electron chi connectivity index (χ1n) is 5.61. The molecule has 0 aromatic carbocycles. The lowest BCUT2D eigenvalue weighted by molar-refractivity contribution is 0.481. The van der Waals surface area contributed by atoms with Crippen LogP contribution in [0.25, 0.3) is 0 Å². The first-order valence-corrected chi connectivity index (χ1v) is 5.61. The average molecular weight is 231 g/mol. The molecule has 2 rings (SSSR count). The fourth-order valence-corrected chi connectivity index (χ4v) is 1.81. The Morgan fingerprint density at radius 3 is 2.82 bits per heavy atom. The van der Waals surface area contributed by atoms with Gasteiger partial charge in [-0.15, -0.1) is 0 Å². The maximum absolute atomic E-state index is 5.70. The largest absolute Gasteiger partial charge is 0.464 e. The lowest BCUT2D eigenvalue weighted by atomic mass is 10.2. The Balaban J connectivity index is 2.16. The molecule has 0 spiro atoms. The molecule has 0 saturated heterocycles. The number of furan rings is 1. The second kappa shape index (κ2) is 5.01. The number of aromatic nitrogens is 1. The van der Waals surface area contributed by atoms with E-state index in [4.69, 9.17) is 10.2 Å². The topological polar surface area (TPSA) is 55.3 Å². The van der Waals surface area contributed by atoms with Crippen molar-refractivity contribution in [2.75, 3.05) is 11.9 Å². The van der Waals surface area contributed by atoms with Crippen LogP contribution in [0.5, 0.6) is 0 Å². The lowest BCUT2D eigenvalue weighted by Crippen LogP contribution is -2.19. The number of hydrogen-bond acceptors (Lipinski definition) is 4. The molecule has 0 amide bonds. The van der Waals surface area contributed by atoms with Crippen LogP contribution in [0.1, 0.15) is 17.1 Å². The van der Waals surface area contributed by atoms with Gasteiger partial charge in [0, 0.05) is 25.4 Å². The Morgan fingerprint density at radius 1 is 1.35 bits per heavy atom. The predicted molar refractivity (Wildman–Crippen MR) is 67.7 cm³/mol. The SMILES string of the molecule is Cc1ccc(CN(C)c2ncccc2CN)o1. The normalized spacial score (nSPS) is 10.5. The van der Waals surface area contributed by atoms with Crippen LogP contribution in [0.15, 0.2) is 34.9 Å². The smallest absolute Gasteiger partial charge is 0.133 e. The molecule has 0 atom stereocenters. The lowest BCUT2D eigenvalue weighted by Gasteiger charge is -2.19. The van der Waals surface area contributed by atoms with E-state index in [9.17, 15) is 0 Å². The van der Waals surface area contributed by atoms with Crippen molar-refractivity contribution in [1.82, 2.24) is 4.98 Å². The zero-order valence-corrected chi connectivity index (χ0v) is 10.2. The number of nitrogens with two attached hydrogens (primary N) is 1. The Labute approximate surface area is 101 Å². The van der Waals surface area contributed by atoms with Gasteiger partial charge in [-0.1, -0.05) is 6.07 Å². The van der Waals surface area contributed by atoms with Gasteiger partial charge in [0.15, 0.2) is 0 Å². The first-order chi connectivity index (χ1) is 8.20. The predicted octanol–water partition coefficient (Wildman–Crippen LogP) is 2.08. The minimum atomic E-state index is 0.491. The van der Waals surface area contributed by atoms with Crippen LogP contribution in [-0.4, -0.2) is 12.0 Å². The third-order valence-corrected chi connectivity index (χ3v) is 2.64. The molecule has 2 aromatic heterocycles. The van der Waals surface area contributed by atoms with E-state index in [0.29, 0.717) is 13.1 Å². The molecule has 0 aliphatic rings. The number of nitrogens with zero attached hydrogens (tertiary/aromatic N) is 2. The van der Waals surface area contributed by atoms with Gasteiger partial charge in [0.2, 0.25) is 0 Å². The Kier molecular flexibility index (Phi) is 3.44. The minimum absolute atomic E-state index is 0.491. The van der Waals surface area contributed by atoms with E-state index in [1.807, 2.05) is 43.1 Å². The highest BCUT2D eigenvalue weighted by atomic mass is 16.3. The van der Waals surface area contributed by atoms with Crippen molar-refractivity contribution in [3.05, 3.63) is 47.5 Å². The van der Waals surface area contributed by atoms with Gasteiger partial charge < -0.3 is 15.1 Å². The van der Waals surface area contributed by atoms with E-state index in [0.717, 1.165) is 22.9 Å². The summed E-state index contributed by atoms with van der Waals surface area (Å²) in [7, 11) is 1.99. The molecule has 0 aliphatic carbocycles. The van der Waals surface area contributed by atoms with Crippen LogP contribution in [-0.2, 0) is 13.1 Å². The van der Waals surface area contributed by atoms with Crippen LogP contribution >= 0.6 is 0 Å². The summed E-state index contributed by atoms with van der Waals surface area (Å²) in [6.45, 7) is 3.12. The van der Waals surface area contributed by atoms with E-state index in [1.165, 1.54) is 0 Å². The average Bonchev–Trinajstić information content (AvgIpc) is 2.74. The number of anilines is 1. The van der Waals surface area contributed by atoms with Crippen LogP contribution in [0, 0.1) is 6.92 Å². The summed E-state index contributed by atoms with van der Waals surface area (Å²) in [5, 5.41) is 0. The van der Waals surface area contributed by atoms with Gasteiger partial charge in [0.1, 0.15) is 17.3 Å². The zero-order chi connectivity index (χ0) is 12.3. The summed E-state index contributed by atoms with van der Waals surface area (Å²) in [6, 6.07) is 7.84. The summed E-state index contributed by atoms with van der Waals surface area (Å²) >= 11 is 0. The van der Waals surface area contributed by atoms with Crippen molar-refractivity contribution in [3.8, 4) is 0 Å². The van der Waals surface area contributed by atoms with Gasteiger partial charge in [0.25, 0.3) is 0 Å². The first kappa shape index (κ1) is 11.7. The molecule has 4 nitrogen and oxygen atoms in total. The molecule has 0 saturated carbocycles. The number of pyridine rings is 1. The molecule has 2 heterocycles. The summed E-state index contributed by atoms with van der Waals surface area (Å²) in [5.41, 5.74) is 6.74. The number of hydrogen-bond donors (Lipinski definition) is 1. The molecule has 17 heavy (non-hydrogen) atoms. The van der Waals surface area contributed by atoms with Crippen molar-refractivity contribution >= 4 is 5.82 Å². The highest BCUT2D eigenvalue weighted by Crippen LogP contribution is 2.18. The molecule has 4 heteroatoms. The van der Waals surface area contributed by atoms with Crippen molar-refractivity contribution in [3.63, 3.8) is 0 Å². The Hall–Kier alpha value is -1.81. The molecule has 0 fully saturated rings. The third-order valence-electron chi connectivity index (χ3n) is 2.64. The van der Waals surface area contributed by atoms with E-state index in [1.54, 1.807) is 6.20 Å². The summed E-state index contributed by atoms with van der Waals surface area (Å²) in [5.74, 6) is 2.76. The van der Waals surface area contributed by atoms with Gasteiger partial charge in [-0.25, -0.2) is 4.98 Å². The quantitative estimate of drug-likeness (QED) is 0.875. The minimum Gasteiger partial charge on any atom is -0.464 e. The van der Waals surface area contributed by atoms with E-state index >= 15 is 0 Å². The van der Waals surface area contributed by atoms with Crippen molar-refractivity contribution in [2.24, 2.45) is 5.73 Å². The van der Waals surface area contributed by atoms with Crippen LogP contribution in [0.3, 0.4) is 0 Å². The highest BCUT2D eigenvalue weighted by molar-refractivity contribution is 5.46. The second-order valence-electron chi connectivity index (χ2n) is 4.06. The fourth-order valence-electron chi connectivity index (χ4n) is 1.81. The van der Waals surface area contributed by atoms with Crippen molar-refractivity contribution in [1.29, 1.82) is 0 Å². The van der Waals surface area contributed by atoms with Crippen LogP contribution in [0.2, 0.25) is 0 Å². The maximum Gasteiger partial charge on any atom is 0.133 e. The van der Waals surface area contributed by atoms with E-state index in [-0.39, 0.29) is 0 Å². The standard InChI is InChI=1S/C13H17N3O/c1-10-5-6-12(17-10)9-16(2)13-11(8-14)4-3-7-15-13/h3-7H,8-9,14H2,1-2H3. The summed E-state index contributed by atoms with van der Waals surface area (Å²) in [6.07, 6.45) is 1.78. The van der Waals surface area contributed by atoms with Gasteiger partial charge in [0.05, 0.1) is 6.54 Å². The van der Waals surface area contributed by atoms with Crippen molar-refractivity contribution in [2.45, 2.75) is 20.0 Å². The van der Waals surface area contributed by atoms with Gasteiger partial charge >= 0.3 is 0 Å². The van der Waals surface area contributed by atoms with Crippen molar-refractivity contribution < 1.29 is 4.42 Å². The second-order valence-corrected chi connectivity index (χ2v) is 4.06. The highest BCUT2D eigenvalue weighted by Gasteiger charge is 2.09. The zero-order valence-electron chi connectivity index (χ0n) is 10.2. The fraction of sp³-hybridized carbons (Fsp3) is 0.308. The van der Waals surface area contributed by atoms with E-state index < -0.39 is 0 Å². The molecular weight excluding hydrogens is 214 g/mol. The molecule has 2 aromatic rings. The van der Waals surface area contributed by atoms with Gasteiger partial charge in [-0.3, -0.25) is 0 Å². The molecule has 0 bridgehead atoms. The molecule has 0 radical (unpaired) electrons. The third kappa shape index (κ3) is 2.65.